The molecule has 0 amide bonds. The van der Waals surface area contributed by atoms with Gasteiger partial charge in [0.2, 0.25) is 0 Å². The van der Waals surface area contributed by atoms with Crippen LogP contribution < -0.4 is 0 Å². The smallest absolute Gasteiger partial charge is 0.124 e. The van der Waals surface area contributed by atoms with Crippen molar-refractivity contribution < 1.29 is 4.39 Å². The van der Waals surface area contributed by atoms with E-state index < -0.39 is 0 Å². The van der Waals surface area contributed by atoms with Gasteiger partial charge in [0.15, 0.2) is 0 Å². The zero-order valence-electron chi connectivity index (χ0n) is 10.6. The summed E-state index contributed by atoms with van der Waals surface area (Å²) in [6.45, 7) is 0.622. The Morgan fingerprint density at radius 3 is 2.95 bits per heavy atom. The predicted octanol–water partition coefficient (Wildman–Crippen LogP) is 4.49. The highest BCUT2D eigenvalue weighted by Crippen LogP contribution is 2.18. The number of imidazole rings is 1. The molecule has 0 spiro atoms. The molecule has 0 aliphatic carbocycles. The van der Waals surface area contributed by atoms with E-state index in [-0.39, 0.29) is 5.82 Å². The Hall–Kier alpha value is -1.46. The maximum Gasteiger partial charge on any atom is 0.124 e. The molecule has 0 saturated heterocycles. The first-order valence-corrected chi connectivity index (χ1v) is 7.85. The first-order valence-electron chi connectivity index (χ1n) is 6.18. The monoisotopic (exact) mass is 350 g/mol. The van der Waals surface area contributed by atoms with Crippen molar-refractivity contribution in [1.29, 1.82) is 0 Å². The summed E-state index contributed by atoms with van der Waals surface area (Å²) in [7, 11) is 0. The summed E-state index contributed by atoms with van der Waals surface area (Å²) in [6.07, 6.45) is 4.53. The highest BCUT2D eigenvalue weighted by Gasteiger charge is 2.07. The molecule has 5 heteroatoms. The van der Waals surface area contributed by atoms with Gasteiger partial charge in [-0.25, -0.2) is 9.37 Å². The summed E-state index contributed by atoms with van der Waals surface area (Å²) in [6, 6.07) is 9.08. The van der Waals surface area contributed by atoms with Crippen LogP contribution in [0.15, 0.2) is 52.6 Å². The minimum atomic E-state index is -0.228. The maximum absolute atomic E-state index is 13.4. The number of rotatable bonds is 4. The van der Waals surface area contributed by atoms with Crippen LogP contribution in [0.3, 0.4) is 0 Å². The van der Waals surface area contributed by atoms with E-state index in [1.807, 2.05) is 18.3 Å². The van der Waals surface area contributed by atoms with Crippen LogP contribution in [0.4, 0.5) is 4.39 Å². The molecule has 0 atom stereocenters. The second-order valence-corrected chi connectivity index (χ2v) is 6.45. The fourth-order valence-electron chi connectivity index (χ4n) is 2.12. The van der Waals surface area contributed by atoms with Gasteiger partial charge in [0.1, 0.15) is 11.6 Å². The molecule has 0 bridgehead atoms. The molecule has 20 heavy (non-hydrogen) atoms. The number of benzene rings is 1. The first kappa shape index (κ1) is 13.5. The molecule has 0 N–H and O–H groups in total. The maximum atomic E-state index is 13.4. The quantitative estimate of drug-likeness (QED) is 0.677. The average molecular weight is 351 g/mol. The van der Waals surface area contributed by atoms with Gasteiger partial charge in [0.05, 0.1) is 0 Å². The van der Waals surface area contributed by atoms with Crippen molar-refractivity contribution in [2.75, 3.05) is 0 Å². The third-order valence-electron chi connectivity index (χ3n) is 2.99. The number of halogens is 2. The lowest BCUT2D eigenvalue weighted by Crippen LogP contribution is -2.05. The summed E-state index contributed by atoms with van der Waals surface area (Å²) in [5.74, 6) is 0.766. The number of nitrogens with zero attached hydrogens (tertiary/aromatic N) is 2. The third kappa shape index (κ3) is 3.16. The molecule has 0 saturated carbocycles. The van der Waals surface area contributed by atoms with Crippen LogP contribution in [-0.2, 0) is 13.0 Å². The summed E-state index contributed by atoms with van der Waals surface area (Å²) in [5, 5.41) is 2.06. The molecule has 0 unspecified atom stereocenters. The first-order chi connectivity index (χ1) is 9.70. The standard InChI is InChI=1S/C15H12BrFN2S/c16-12-6-11(7-13(17)8-12)10-19-4-3-18-15(19)9-14-2-1-5-20-14/h1-8H,9-10H2. The van der Waals surface area contributed by atoms with Crippen molar-refractivity contribution in [2.24, 2.45) is 0 Å². The van der Waals surface area contributed by atoms with Crippen molar-refractivity contribution in [3.8, 4) is 0 Å². The summed E-state index contributed by atoms with van der Waals surface area (Å²) >= 11 is 5.04. The van der Waals surface area contributed by atoms with Crippen molar-refractivity contribution in [3.63, 3.8) is 0 Å². The van der Waals surface area contributed by atoms with Crippen LogP contribution in [0.5, 0.6) is 0 Å². The van der Waals surface area contributed by atoms with E-state index in [1.165, 1.54) is 10.9 Å². The van der Waals surface area contributed by atoms with Crippen LogP contribution in [0, 0.1) is 5.82 Å². The molecule has 0 aliphatic rings. The van der Waals surface area contributed by atoms with E-state index in [9.17, 15) is 4.39 Å². The average Bonchev–Trinajstić information content (AvgIpc) is 3.01. The zero-order chi connectivity index (χ0) is 13.9. The van der Waals surface area contributed by atoms with Gasteiger partial charge in [-0.05, 0) is 35.2 Å². The lowest BCUT2D eigenvalue weighted by atomic mass is 10.2. The Morgan fingerprint density at radius 1 is 1.30 bits per heavy atom. The number of aromatic nitrogens is 2. The molecule has 2 aromatic heterocycles. The largest absolute Gasteiger partial charge is 0.330 e. The highest BCUT2D eigenvalue weighted by molar-refractivity contribution is 9.10. The van der Waals surface area contributed by atoms with Crippen molar-refractivity contribution in [2.45, 2.75) is 13.0 Å². The highest BCUT2D eigenvalue weighted by atomic mass is 79.9. The Bertz CT molecular complexity index is 686. The fourth-order valence-corrected chi connectivity index (χ4v) is 3.33. The molecule has 2 nitrogen and oxygen atoms in total. The van der Waals surface area contributed by atoms with Crippen LogP contribution in [0.25, 0.3) is 0 Å². The normalized spacial score (nSPS) is 10.9. The Morgan fingerprint density at radius 2 is 2.20 bits per heavy atom. The Labute approximate surface area is 129 Å². The molecule has 0 radical (unpaired) electrons. The molecule has 1 aromatic carbocycles. The van der Waals surface area contributed by atoms with E-state index in [0.29, 0.717) is 6.54 Å². The van der Waals surface area contributed by atoms with Gasteiger partial charge in [-0.15, -0.1) is 11.3 Å². The molecule has 2 heterocycles. The van der Waals surface area contributed by atoms with E-state index in [2.05, 4.69) is 36.9 Å². The molecule has 0 aliphatic heterocycles. The summed E-state index contributed by atoms with van der Waals surface area (Å²) in [5.41, 5.74) is 0.919. The molecular weight excluding hydrogens is 339 g/mol. The Kier molecular flexibility index (Phi) is 3.98. The van der Waals surface area contributed by atoms with Gasteiger partial charge >= 0.3 is 0 Å². The summed E-state index contributed by atoms with van der Waals surface area (Å²) in [4.78, 5) is 5.67. The van der Waals surface area contributed by atoms with Gasteiger partial charge in [-0.2, -0.15) is 0 Å². The van der Waals surface area contributed by atoms with Gasteiger partial charge in [0, 0.05) is 34.7 Å². The van der Waals surface area contributed by atoms with Crippen LogP contribution >= 0.6 is 27.3 Å². The fraction of sp³-hybridized carbons (Fsp3) is 0.133. The number of hydrogen-bond donors (Lipinski definition) is 0. The van der Waals surface area contributed by atoms with E-state index in [0.717, 1.165) is 22.3 Å². The van der Waals surface area contributed by atoms with E-state index >= 15 is 0 Å². The summed E-state index contributed by atoms with van der Waals surface area (Å²) < 4.78 is 16.2. The second-order valence-electron chi connectivity index (χ2n) is 4.51. The molecular formula is C15H12BrFN2S. The SMILES string of the molecule is Fc1cc(Br)cc(Cn2ccnc2Cc2cccs2)c1. The lowest BCUT2D eigenvalue weighted by Gasteiger charge is -2.08. The number of thiophene rings is 1. The predicted molar refractivity (Wildman–Crippen MR) is 82.6 cm³/mol. The molecule has 3 aromatic rings. The molecule has 102 valence electrons. The second kappa shape index (κ2) is 5.89. The van der Waals surface area contributed by atoms with Crippen molar-refractivity contribution >= 4 is 27.3 Å². The van der Waals surface area contributed by atoms with Crippen molar-refractivity contribution in [3.05, 3.63) is 74.7 Å². The van der Waals surface area contributed by atoms with E-state index in [4.69, 9.17) is 0 Å². The van der Waals surface area contributed by atoms with Gasteiger partial charge in [0.25, 0.3) is 0 Å². The molecule has 0 fully saturated rings. The van der Waals surface area contributed by atoms with Gasteiger partial charge in [-0.3, -0.25) is 0 Å². The zero-order valence-corrected chi connectivity index (χ0v) is 13.0. The Balaban J connectivity index is 1.82. The topological polar surface area (TPSA) is 17.8 Å². The van der Waals surface area contributed by atoms with Gasteiger partial charge in [-0.1, -0.05) is 22.0 Å². The van der Waals surface area contributed by atoms with Crippen molar-refractivity contribution in [1.82, 2.24) is 9.55 Å². The van der Waals surface area contributed by atoms with Crippen LogP contribution in [0.2, 0.25) is 0 Å². The van der Waals surface area contributed by atoms with Gasteiger partial charge < -0.3 is 4.57 Å². The van der Waals surface area contributed by atoms with E-state index in [1.54, 1.807) is 23.6 Å². The minimum absolute atomic E-state index is 0.228. The third-order valence-corrected chi connectivity index (χ3v) is 4.32. The molecule has 3 rings (SSSR count). The lowest BCUT2D eigenvalue weighted by molar-refractivity contribution is 0.621. The minimum Gasteiger partial charge on any atom is -0.330 e. The number of hydrogen-bond acceptors (Lipinski definition) is 2. The van der Waals surface area contributed by atoms with Crippen LogP contribution in [-0.4, -0.2) is 9.55 Å². The van der Waals surface area contributed by atoms with Crippen LogP contribution in [0.1, 0.15) is 16.3 Å².